The van der Waals surface area contributed by atoms with Crippen molar-refractivity contribution in [1.82, 2.24) is 0 Å². The van der Waals surface area contributed by atoms with E-state index in [1.54, 1.807) is 0 Å². The van der Waals surface area contributed by atoms with Gasteiger partial charge >= 0.3 is 0 Å². The van der Waals surface area contributed by atoms with Crippen LogP contribution in [0.2, 0.25) is 26.2 Å². The average Bonchev–Trinajstić information content (AvgIpc) is 3.19. The predicted molar refractivity (Wildman–Crippen MR) is 110 cm³/mol. The third-order valence-corrected chi connectivity index (χ3v) is 14.1. The van der Waals surface area contributed by atoms with Gasteiger partial charge in [-0.3, -0.25) is 0 Å². The first-order valence-corrected chi connectivity index (χ1v) is 15.2. The lowest BCUT2D eigenvalue weighted by Gasteiger charge is -2.22. The van der Waals surface area contributed by atoms with Gasteiger partial charge in [0, 0.05) is 0 Å². The number of rotatable bonds is 0. The monoisotopic (exact) mass is 374 g/mol. The number of hydrogen-bond acceptors (Lipinski definition) is 2. The number of hydrogen-bond donors (Lipinski definition) is 0. The van der Waals surface area contributed by atoms with Crippen LogP contribution in [0.4, 0.5) is 0 Å². The van der Waals surface area contributed by atoms with Crippen molar-refractivity contribution >= 4 is 37.8 Å². The van der Waals surface area contributed by atoms with Gasteiger partial charge in [0.15, 0.2) is 0 Å². The minimum Gasteiger partial charge on any atom is -0.449 e. The summed E-state index contributed by atoms with van der Waals surface area (Å²) in [5.41, 5.74) is 5.48. The minimum absolute atomic E-state index is 0.0927. The molecule has 26 heavy (non-hydrogen) atoms. The Hall–Kier alpha value is -1.73. The first-order chi connectivity index (χ1) is 12.4. The first kappa shape index (κ1) is 15.3. The molecule has 0 amide bonds. The standard InChI is InChI=1S/C22H22O2Si2/c1-25(2)19-11-17-18(12-20(19)26(3,4)24-25)22-16-10-14-8-6-5-7-13(14)9-15(16)21(17)23-22/h5-12,21-22H,1-4H3/t21-,22+. The first-order valence-electron chi connectivity index (χ1n) is 9.42. The largest absolute Gasteiger partial charge is 0.449 e. The molecule has 3 aromatic rings. The number of benzene rings is 3. The van der Waals surface area contributed by atoms with Crippen LogP contribution in [0.1, 0.15) is 34.5 Å². The lowest BCUT2D eigenvalue weighted by atomic mass is 9.84. The van der Waals surface area contributed by atoms with Crippen LogP contribution in [0, 0.1) is 0 Å². The molecule has 130 valence electrons. The Morgan fingerprint density at radius 3 is 1.54 bits per heavy atom. The molecule has 4 heteroatoms. The molecule has 3 aromatic carbocycles. The Morgan fingerprint density at radius 2 is 1.08 bits per heavy atom. The predicted octanol–water partition coefficient (Wildman–Crippen LogP) is 4.22. The molecule has 2 nitrogen and oxygen atoms in total. The highest BCUT2D eigenvalue weighted by atomic mass is 28.4. The van der Waals surface area contributed by atoms with Crippen molar-refractivity contribution in [2.45, 2.75) is 38.4 Å². The van der Waals surface area contributed by atoms with Crippen LogP contribution in [0.25, 0.3) is 10.8 Å². The van der Waals surface area contributed by atoms with Crippen LogP contribution in [-0.2, 0) is 8.85 Å². The van der Waals surface area contributed by atoms with Crippen molar-refractivity contribution in [2.75, 3.05) is 0 Å². The molecule has 2 bridgehead atoms. The van der Waals surface area contributed by atoms with Gasteiger partial charge in [0.1, 0.15) is 12.2 Å². The quantitative estimate of drug-likeness (QED) is 0.549. The van der Waals surface area contributed by atoms with Gasteiger partial charge in [-0.2, -0.15) is 0 Å². The molecule has 2 atom stereocenters. The van der Waals surface area contributed by atoms with Crippen LogP contribution in [0.15, 0.2) is 48.5 Å². The van der Waals surface area contributed by atoms with Gasteiger partial charge in [-0.1, -0.05) is 36.4 Å². The van der Waals surface area contributed by atoms with E-state index in [1.165, 1.54) is 43.4 Å². The van der Waals surface area contributed by atoms with Crippen LogP contribution in [0.5, 0.6) is 0 Å². The summed E-state index contributed by atoms with van der Waals surface area (Å²) in [5, 5.41) is 5.62. The van der Waals surface area contributed by atoms with E-state index in [0.717, 1.165) is 0 Å². The van der Waals surface area contributed by atoms with Crippen LogP contribution < -0.4 is 10.4 Å². The molecule has 0 unspecified atom stereocenters. The van der Waals surface area contributed by atoms with Crippen molar-refractivity contribution in [2.24, 2.45) is 0 Å². The van der Waals surface area contributed by atoms with Crippen LogP contribution >= 0.6 is 0 Å². The summed E-state index contributed by atoms with van der Waals surface area (Å²) in [6.45, 7) is 9.37. The maximum absolute atomic E-state index is 6.65. The van der Waals surface area contributed by atoms with Crippen molar-refractivity contribution in [3.8, 4) is 0 Å². The second-order valence-electron chi connectivity index (χ2n) is 8.87. The topological polar surface area (TPSA) is 18.5 Å². The molecular weight excluding hydrogens is 352 g/mol. The maximum Gasteiger partial charge on any atom is 0.206 e. The summed E-state index contributed by atoms with van der Waals surface area (Å²) in [5.74, 6) is 0. The Bertz CT molecular complexity index is 1030. The fourth-order valence-electron chi connectivity index (χ4n) is 5.33. The normalized spacial score (nSPS) is 26.0. The van der Waals surface area contributed by atoms with E-state index in [0.29, 0.717) is 0 Å². The summed E-state index contributed by atoms with van der Waals surface area (Å²) < 4.78 is 13.1. The second kappa shape index (κ2) is 4.57. The van der Waals surface area contributed by atoms with Crippen LogP contribution in [0.3, 0.4) is 0 Å². The lowest BCUT2D eigenvalue weighted by molar-refractivity contribution is 0.0858. The zero-order chi connectivity index (χ0) is 17.8. The Kier molecular flexibility index (Phi) is 2.70. The van der Waals surface area contributed by atoms with Gasteiger partial charge in [0.2, 0.25) is 16.6 Å². The van der Waals surface area contributed by atoms with Gasteiger partial charge in [-0.25, -0.2) is 0 Å². The molecule has 0 saturated carbocycles. The van der Waals surface area contributed by atoms with Gasteiger partial charge in [0.05, 0.1) is 0 Å². The maximum atomic E-state index is 6.65. The SMILES string of the molecule is C[Si]1(C)O[Si](C)(C)c2cc3c(cc21)[C@H]1O[C@@H]3c2cc3ccccc3cc21. The minimum atomic E-state index is -1.80. The van der Waals surface area contributed by atoms with E-state index in [1.807, 2.05) is 0 Å². The van der Waals surface area contributed by atoms with E-state index >= 15 is 0 Å². The third-order valence-electron chi connectivity index (χ3n) is 6.38. The highest BCUT2D eigenvalue weighted by Gasteiger charge is 2.50. The molecule has 0 spiro atoms. The third kappa shape index (κ3) is 1.78. The molecule has 0 N–H and O–H groups in total. The molecule has 0 saturated heterocycles. The fourth-order valence-corrected chi connectivity index (χ4v) is 15.6. The Balaban J connectivity index is 1.59. The molecule has 0 fully saturated rings. The molecular formula is C22H22O2Si2. The van der Waals surface area contributed by atoms with Gasteiger partial charge in [0.25, 0.3) is 0 Å². The van der Waals surface area contributed by atoms with Crippen molar-refractivity contribution in [3.63, 3.8) is 0 Å². The molecule has 0 aliphatic carbocycles. The summed E-state index contributed by atoms with van der Waals surface area (Å²) >= 11 is 0. The molecule has 3 aliphatic rings. The number of fused-ring (bicyclic) bond motifs is 10. The van der Waals surface area contributed by atoms with E-state index in [-0.39, 0.29) is 12.2 Å². The van der Waals surface area contributed by atoms with E-state index < -0.39 is 16.6 Å². The molecule has 3 heterocycles. The van der Waals surface area contributed by atoms with Gasteiger partial charge < -0.3 is 8.85 Å². The van der Waals surface area contributed by atoms with E-state index in [2.05, 4.69) is 74.7 Å². The smallest absolute Gasteiger partial charge is 0.206 e. The lowest BCUT2D eigenvalue weighted by Crippen LogP contribution is -2.44. The zero-order valence-corrected chi connectivity index (χ0v) is 17.6. The van der Waals surface area contributed by atoms with Crippen molar-refractivity contribution in [1.29, 1.82) is 0 Å². The number of ether oxygens (including phenoxy) is 1. The van der Waals surface area contributed by atoms with Crippen molar-refractivity contribution in [3.05, 3.63) is 70.8 Å². The summed E-state index contributed by atoms with van der Waals surface area (Å²) in [6, 6.07) is 18.2. The average molecular weight is 375 g/mol. The van der Waals surface area contributed by atoms with Gasteiger partial charge in [-0.15, -0.1) is 0 Å². The Morgan fingerprint density at radius 1 is 0.654 bits per heavy atom. The molecule has 0 aromatic heterocycles. The highest BCUT2D eigenvalue weighted by Crippen LogP contribution is 2.54. The molecule has 0 radical (unpaired) electrons. The van der Waals surface area contributed by atoms with Crippen LogP contribution in [-0.4, -0.2) is 16.6 Å². The summed E-state index contributed by atoms with van der Waals surface area (Å²) in [6.07, 6.45) is 0.185. The second-order valence-corrected chi connectivity index (χ2v) is 16.8. The van der Waals surface area contributed by atoms with Crippen molar-refractivity contribution < 1.29 is 8.85 Å². The summed E-state index contributed by atoms with van der Waals surface area (Å²) in [4.78, 5) is 0. The van der Waals surface area contributed by atoms with E-state index in [9.17, 15) is 0 Å². The fraction of sp³-hybridized carbons (Fsp3) is 0.273. The van der Waals surface area contributed by atoms with Gasteiger partial charge in [-0.05, 0) is 81.7 Å². The molecule has 3 aliphatic heterocycles. The highest BCUT2D eigenvalue weighted by molar-refractivity contribution is 7.05. The van der Waals surface area contributed by atoms with E-state index in [4.69, 9.17) is 8.85 Å². The zero-order valence-electron chi connectivity index (χ0n) is 15.6. The Labute approximate surface area is 156 Å². The molecule has 6 rings (SSSR count). The summed E-state index contributed by atoms with van der Waals surface area (Å²) in [7, 11) is -3.59.